The highest BCUT2D eigenvalue weighted by Crippen LogP contribution is 2.43. The van der Waals surface area contributed by atoms with Crippen molar-refractivity contribution in [2.24, 2.45) is 11.3 Å². The molecule has 0 bridgehead atoms. The number of nitrogens with one attached hydrogen (secondary N) is 1. The van der Waals surface area contributed by atoms with Crippen LogP contribution < -0.4 is 5.32 Å². The summed E-state index contributed by atoms with van der Waals surface area (Å²) in [5, 5.41) is 3.71. The van der Waals surface area contributed by atoms with Gasteiger partial charge in [-0.25, -0.2) is 0 Å². The van der Waals surface area contributed by atoms with Crippen LogP contribution in [0.2, 0.25) is 0 Å². The van der Waals surface area contributed by atoms with Crippen LogP contribution in [0.1, 0.15) is 66.2 Å². The molecular weight excluding hydrogens is 206 g/mol. The SMILES string of the molecule is C=C(CC)CC(NCC)C1CCCCC1(C)C. The second kappa shape index (κ2) is 6.58. The molecule has 0 radical (unpaired) electrons. The Kier molecular flexibility index (Phi) is 5.72. The van der Waals surface area contributed by atoms with Gasteiger partial charge in [0.1, 0.15) is 0 Å². The molecule has 0 aromatic heterocycles. The van der Waals surface area contributed by atoms with Crippen LogP contribution >= 0.6 is 0 Å². The highest BCUT2D eigenvalue weighted by molar-refractivity contribution is 5.01. The molecule has 1 nitrogen and oxygen atoms in total. The summed E-state index contributed by atoms with van der Waals surface area (Å²) in [6.45, 7) is 14.6. The molecule has 0 saturated heterocycles. The van der Waals surface area contributed by atoms with E-state index in [9.17, 15) is 0 Å². The van der Waals surface area contributed by atoms with Crippen LogP contribution in [-0.4, -0.2) is 12.6 Å². The van der Waals surface area contributed by atoms with Crippen molar-refractivity contribution in [1.29, 1.82) is 0 Å². The topological polar surface area (TPSA) is 12.0 Å². The van der Waals surface area contributed by atoms with Gasteiger partial charge in [0.15, 0.2) is 0 Å². The Labute approximate surface area is 108 Å². The average molecular weight is 237 g/mol. The lowest BCUT2D eigenvalue weighted by atomic mass is 9.65. The fourth-order valence-electron chi connectivity index (χ4n) is 3.34. The van der Waals surface area contributed by atoms with E-state index in [4.69, 9.17) is 0 Å². The predicted octanol–water partition coefficient (Wildman–Crippen LogP) is 4.54. The molecule has 1 N–H and O–H groups in total. The molecule has 1 aliphatic carbocycles. The Balaban J connectivity index is 2.70. The van der Waals surface area contributed by atoms with Gasteiger partial charge in [-0.3, -0.25) is 0 Å². The molecule has 2 atom stereocenters. The van der Waals surface area contributed by atoms with Gasteiger partial charge in [0, 0.05) is 6.04 Å². The summed E-state index contributed by atoms with van der Waals surface area (Å²) < 4.78 is 0. The van der Waals surface area contributed by atoms with Crippen LogP contribution in [0.4, 0.5) is 0 Å². The molecule has 2 unspecified atom stereocenters. The second-order valence-corrected chi connectivity index (χ2v) is 6.31. The molecular formula is C16H31N. The summed E-state index contributed by atoms with van der Waals surface area (Å²) in [6.07, 6.45) is 7.89. The first kappa shape index (κ1) is 14.8. The predicted molar refractivity (Wildman–Crippen MR) is 77.3 cm³/mol. The molecule has 1 aliphatic rings. The van der Waals surface area contributed by atoms with E-state index in [0.717, 1.165) is 18.9 Å². The van der Waals surface area contributed by atoms with Crippen molar-refractivity contribution >= 4 is 0 Å². The van der Waals surface area contributed by atoms with Gasteiger partial charge in [-0.15, -0.1) is 0 Å². The maximum Gasteiger partial charge on any atom is 0.0137 e. The lowest BCUT2D eigenvalue weighted by Gasteiger charge is -2.44. The third-order valence-corrected chi connectivity index (χ3v) is 4.55. The van der Waals surface area contributed by atoms with Crippen LogP contribution in [0.5, 0.6) is 0 Å². The number of hydrogen-bond donors (Lipinski definition) is 1. The van der Waals surface area contributed by atoms with Gasteiger partial charge >= 0.3 is 0 Å². The Bertz CT molecular complexity index is 242. The van der Waals surface area contributed by atoms with E-state index in [0.29, 0.717) is 11.5 Å². The first-order chi connectivity index (χ1) is 8.01. The van der Waals surface area contributed by atoms with Gasteiger partial charge in [-0.1, -0.05) is 52.7 Å². The molecule has 0 aliphatic heterocycles. The quantitative estimate of drug-likeness (QED) is 0.669. The van der Waals surface area contributed by atoms with E-state index < -0.39 is 0 Å². The van der Waals surface area contributed by atoms with Crippen LogP contribution in [0.25, 0.3) is 0 Å². The summed E-state index contributed by atoms with van der Waals surface area (Å²) >= 11 is 0. The van der Waals surface area contributed by atoms with Gasteiger partial charge in [0.25, 0.3) is 0 Å². The first-order valence-corrected chi connectivity index (χ1v) is 7.41. The first-order valence-electron chi connectivity index (χ1n) is 7.41. The van der Waals surface area contributed by atoms with Crippen molar-refractivity contribution in [2.75, 3.05) is 6.54 Å². The molecule has 1 saturated carbocycles. The standard InChI is InChI=1S/C16H31N/c1-6-13(3)12-15(17-7-2)14-10-8-9-11-16(14,4)5/h14-15,17H,3,6-12H2,1-2,4-5H3. The fourth-order valence-corrected chi connectivity index (χ4v) is 3.34. The molecule has 0 aromatic carbocycles. The molecule has 17 heavy (non-hydrogen) atoms. The highest BCUT2D eigenvalue weighted by atomic mass is 14.9. The summed E-state index contributed by atoms with van der Waals surface area (Å²) in [7, 11) is 0. The van der Waals surface area contributed by atoms with Crippen molar-refractivity contribution < 1.29 is 0 Å². The van der Waals surface area contributed by atoms with Crippen molar-refractivity contribution in [3.8, 4) is 0 Å². The minimum absolute atomic E-state index is 0.499. The summed E-state index contributed by atoms with van der Waals surface area (Å²) in [5.74, 6) is 0.819. The Morgan fingerprint density at radius 1 is 1.35 bits per heavy atom. The van der Waals surface area contributed by atoms with Crippen molar-refractivity contribution in [2.45, 2.75) is 72.3 Å². The molecule has 0 spiro atoms. The monoisotopic (exact) mass is 237 g/mol. The van der Waals surface area contributed by atoms with E-state index in [2.05, 4.69) is 39.6 Å². The zero-order valence-corrected chi connectivity index (χ0v) is 12.3. The number of rotatable bonds is 6. The molecule has 0 heterocycles. The summed E-state index contributed by atoms with van der Waals surface area (Å²) in [4.78, 5) is 0. The molecule has 0 amide bonds. The zero-order valence-electron chi connectivity index (χ0n) is 12.3. The maximum absolute atomic E-state index is 4.20. The Morgan fingerprint density at radius 2 is 2.06 bits per heavy atom. The van der Waals surface area contributed by atoms with E-state index >= 15 is 0 Å². The van der Waals surface area contributed by atoms with E-state index in [1.807, 2.05) is 0 Å². The number of hydrogen-bond acceptors (Lipinski definition) is 1. The van der Waals surface area contributed by atoms with Gasteiger partial charge in [0.2, 0.25) is 0 Å². The van der Waals surface area contributed by atoms with Gasteiger partial charge < -0.3 is 5.32 Å². The van der Waals surface area contributed by atoms with Crippen molar-refractivity contribution in [3.05, 3.63) is 12.2 Å². The van der Waals surface area contributed by atoms with Crippen molar-refractivity contribution in [1.82, 2.24) is 5.32 Å². The van der Waals surface area contributed by atoms with E-state index in [1.165, 1.54) is 37.7 Å². The summed E-state index contributed by atoms with van der Waals surface area (Å²) in [6, 6.07) is 0.641. The zero-order chi connectivity index (χ0) is 12.9. The second-order valence-electron chi connectivity index (χ2n) is 6.31. The van der Waals surface area contributed by atoms with Crippen LogP contribution in [0.3, 0.4) is 0 Å². The molecule has 1 rings (SSSR count). The van der Waals surface area contributed by atoms with E-state index in [1.54, 1.807) is 0 Å². The molecule has 100 valence electrons. The largest absolute Gasteiger partial charge is 0.314 e. The van der Waals surface area contributed by atoms with Gasteiger partial charge in [-0.2, -0.15) is 0 Å². The van der Waals surface area contributed by atoms with Crippen molar-refractivity contribution in [3.63, 3.8) is 0 Å². The van der Waals surface area contributed by atoms with E-state index in [-0.39, 0.29) is 0 Å². The van der Waals surface area contributed by atoms with Gasteiger partial charge in [-0.05, 0) is 43.6 Å². The fraction of sp³-hybridized carbons (Fsp3) is 0.875. The van der Waals surface area contributed by atoms with Crippen LogP contribution in [0.15, 0.2) is 12.2 Å². The average Bonchev–Trinajstić information content (AvgIpc) is 2.28. The normalized spacial score (nSPS) is 25.5. The third-order valence-electron chi connectivity index (χ3n) is 4.55. The minimum atomic E-state index is 0.499. The minimum Gasteiger partial charge on any atom is -0.314 e. The highest BCUT2D eigenvalue weighted by Gasteiger charge is 2.36. The molecule has 0 aromatic rings. The van der Waals surface area contributed by atoms with Crippen LogP contribution in [0, 0.1) is 11.3 Å². The molecule has 1 fully saturated rings. The maximum atomic E-state index is 4.20. The van der Waals surface area contributed by atoms with Gasteiger partial charge in [0.05, 0.1) is 0 Å². The third kappa shape index (κ3) is 4.13. The lowest BCUT2D eigenvalue weighted by Crippen LogP contribution is -2.45. The lowest BCUT2D eigenvalue weighted by molar-refractivity contribution is 0.0985. The summed E-state index contributed by atoms with van der Waals surface area (Å²) in [5.41, 5.74) is 1.90. The van der Waals surface area contributed by atoms with Crippen LogP contribution in [-0.2, 0) is 0 Å². The Hall–Kier alpha value is -0.300. The molecule has 1 heteroatoms. The Morgan fingerprint density at radius 3 is 2.59 bits per heavy atom. The smallest absolute Gasteiger partial charge is 0.0137 e.